The molecule has 0 aliphatic rings. The van der Waals surface area contributed by atoms with Crippen LogP contribution in [0.4, 0.5) is 28.4 Å². The molecule has 0 aliphatic heterocycles. The highest BCUT2D eigenvalue weighted by molar-refractivity contribution is 5.86. The molecule has 0 saturated carbocycles. The molecule has 2 aromatic rings. The van der Waals surface area contributed by atoms with Crippen LogP contribution in [0.3, 0.4) is 0 Å². The van der Waals surface area contributed by atoms with Crippen LogP contribution >= 0.6 is 0 Å². The van der Waals surface area contributed by atoms with E-state index >= 15 is 0 Å². The van der Waals surface area contributed by atoms with Gasteiger partial charge in [-0.2, -0.15) is 5.10 Å². The topological polar surface area (TPSA) is 197 Å². The van der Waals surface area contributed by atoms with Gasteiger partial charge in [0.25, 0.3) is 17.1 Å². The molecule has 138 valence electrons. The molecule has 0 aliphatic carbocycles. The second-order valence-corrected chi connectivity index (χ2v) is 4.84. The molecular weight excluding hydrogens is 368 g/mol. The maximum Gasteiger partial charge on any atom is 0.301 e. The predicted octanol–water partition coefficient (Wildman–Crippen LogP) is 2.77. The SMILES string of the molecule is O=[N+]([O-])c1ccc(/C=N/Nc2ccc([N+](=O)[O-])cc2[N+](=O)[O-])c([N+](=O)[O-])c1. The minimum atomic E-state index is -0.862. The van der Waals surface area contributed by atoms with E-state index in [9.17, 15) is 40.5 Å². The summed E-state index contributed by atoms with van der Waals surface area (Å²) in [6, 6.07) is 5.66. The van der Waals surface area contributed by atoms with Gasteiger partial charge in [-0.05, 0) is 12.1 Å². The number of hydrogen-bond donors (Lipinski definition) is 1. The monoisotopic (exact) mass is 376 g/mol. The van der Waals surface area contributed by atoms with Gasteiger partial charge in [0.05, 0.1) is 43.6 Å². The summed E-state index contributed by atoms with van der Waals surface area (Å²) >= 11 is 0. The minimum absolute atomic E-state index is 0.0948. The van der Waals surface area contributed by atoms with Crippen molar-refractivity contribution < 1.29 is 19.7 Å². The molecule has 0 spiro atoms. The van der Waals surface area contributed by atoms with Crippen LogP contribution in [0.1, 0.15) is 5.56 Å². The summed E-state index contributed by atoms with van der Waals surface area (Å²) in [5.41, 5.74) is -0.223. The molecule has 0 heterocycles. The minimum Gasteiger partial charge on any atom is -0.272 e. The molecule has 0 atom stereocenters. The van der Waals surface area contributed by atoms with E-state index < -0.39 is 42.4 Å². The zero-order valence-electron chi connectivity index (χ0n) is 13.0. The number of hydrazone groups is 1. The summed E-state index contributed by atoms with van der Waals surface area (Å²) in [6.45, 7) is 0. The normalized spacial score (nSPS) is 10.5. The Morgan fingerprint density at radius 3 is 1.78 bits per heavy atom. The largest absolute Gasteiger partial charge is 0.301 e. The number of hydrogen-bond acceptors (Lipinski definition) is 10. The smallest absolute Gasteiger partial charge is 0.272 e. The number of anilines is 1. The molecule has 0 saturated heterocycles. The summed E-state index contributed by atoms with van der Waals surface area (Å²) in [7, 11) is 0. The van der Waals surface area contributed by atoms with Crippen molar-refractivity contribution in [3.05, 3.63) is 82.4 Å². The van der Waals surface area contributed by atoms with E-state index in [-0.39, 0.29) is 11.3 Å². The van der Waals surface area contributed by atoms with Crippen LogP contribution in [0.5, 0.6) is 0 Å². The van der Waals surface area contributed by atoms with Crippen LogP contribution in [-0.4, -0.2) is 25.9 Å². The average molecular weight is 376 g/mol. The predicted molar refractivity (Wildman–Crippen MR) is 90.7 cm³/mol. The Kier molecular flexibility index (Phi) is 5.30. The van der Waals surface area contributed by atoms with Gasteiger partial charge in [-0.25, -0.2) is 0 Å². The molecular formula is C13H8N6O8. The van der Waals surface area contributed by atoms with Gasteiger partial charge in [0, 0.05) is 12.1 Å². The van der Waals surface area contributed by atoms with Crippen molar-refractivity contribution in [3.63, 3.8) is 0 Å². The van der Waals surface area contributed by atoms with Crippen LogP contribution in [0.15, 0.2) is 41.5 Å². The number of non-ortho nitro benzene ring substituents is 2. The lowest BCUT2D eigenvalue weighted by Crippen LogP contribution is -2.00. The van der Waals surface area contributed by atoms with E-state index in [0.717, 1.165) is 42.6 Å². The zero-order valence-corrected chi connectivity index (χ0v) is 13.0. The fourth-order valence-corrected chi connectivity index (χ4v) is 1.96. The van der Waals surface area contributed by atoms with Gasteiger partial charge in [-0.3, -0.25) is 45.9 Å². The Morgan fingerprint density at radius 2 is 1.26 bits per heavy atom. The molecule has 14 heteroatoms. The number of nitrogens with zero attached hydrogens (tertiary/aromatic N) is 5. The van der Waals surface area contributed by atoms with Crippen LogP contribution in [-0.2, 0) is 0 Å². The van der Waals surface area contributed by atoms with E-state index in [4.69, 9.17) is 0 Å². The van der Waals surface area contributed by atoms with Crippen molar-refractivity contribution in [3.8, 4) is 0 Å². The van der Waals surface area contributed by atoms with Gasteiger partial charge in [0.1, 0.15) is 5.69 Å². The van der Waals surface area contributed by atoms with E-state index in [0.29, 0.717) is 0 Å². The number of nitro benzene ring substituents is 4. The quantitative estimate of drug-likeness (QED) is 0.428. The highest BCUT2D eigenvalue weighted by atomic mass is 16.6. The van der Waals surface area contributed by atoms with Gasteiger partial charge < -0.3 is 0 Å². The third kappa shape index (κ3) is 4.32. The van der Waals surface area contributed by atoms with Gasteiger partial charge >= 0.3 is 5.69 Å². The zero-order chi connectivity index (χ0) is 20.1. The van der Waals surface area contributed by atoms with Crippen molar-refractivity contribution in [1.82, 2.24) is 0 Å². The third-order valence-electron chi connectivity index (χ3n) is 3.20. The first kappa shape index (κ1) is 18.8. The van der Waals surface area contributed by atoms with Crippen molar-refractivity contribution in [2.45, 2.75) is 0 Å². The first-order valence-electron chi connectivity index (χ1n) is 6.85. The molecule has 0 radical (unpaired) electrons. The van der Waals surface area contributed by atoms with Crippen LogP contribution in [0.2, 0.25) is 0 Å². The lowest BCUT2D eigenvalue weighted by Gasteiger charge is -2.02. The van der Waals surface area contributed by atoms with Crippen molar-refractivity contribution >= 4 is 34.7 Å². The first-order chi connectivity index (χ1) is 12.7. The third-order valence-corrected chi connectivity index (χ3v) is 3.20. The van der Waals surface area contributed by atoms with E-state index in [2.05, 4.69) is 10.5 Å². The maximum absolute atomic E-state index is 11.0. The molecule has 0 fully saturated rings. The van der Waals surface area contributed by atoms with Gasteiger partial charge in [-0.15, -0.1) is 0 Å². The Hall–Kier alpha value is -4.49. The van der Waals surface area contributed by atoms with Gasteiger partial charge in [0.15, 0.2) is 0 Å². The number of benzene rings is 2. The molecule has 14 nitrogen and oxygen atoms in total. The van der Waals surface area contributed by atoms with Crippen molar-refractivity contribution in [2.24, 2.45) is 5.10 Å². The lowest BCUT2D eigenvalue weighted by molar-refractivity contribution is -0.394. The van der Waals surface area contributed by atoms with Crippen molar-refractivity contribution in [2.75, 3.05) is 5.43 Å². The van der Waals surface area contributed by atoms with E-state index in [1.807, 2.05) is 0 Å². The fraction of sp³-hybridized carbons (Fsp3) is 0. The standard InChI is InChI=1S/C13H8N6O8/c20-16(21)9-2-1-8(12(5-9)18(24)25)7-14-15-11-4-3-10(17(22)23)6-13(11)19(26)27/h1-7,15H/b14-7+. The van der Waals surface area contributed by atoms with Gasteiger partial charge in [-0.1, -0.05) is 0 Å². The molecule has 2 rings (SSSR count). The summed E-state index contributed by atoms with van der Waals surface area (Å²) in [6.07, 6.45) is 0.937. The summed E-state index contributed by atoms with van der Waals surface area (Å²) in [4.78, 5) is 40.1. The molecule has 0 aromatic heterocycles. The highest BCUT2D eigenvalue weighted by Crippen LogP contribution is 2.29. The van der Waals surface area contributed by atoms with E-state index in [1.165, 1.54) is 0 Å². The molecule has 27 heavy (non-hydrogen) atoms. The highest BCUT2D eigenvalue weighted by Gasteiger charge is 2.20. The number of nitrogens with one attached hydrogen (secondary N) is 1. The summed E-state index contributed by atoms with van der Waals surface area (Å²) in [5.74, 6) is 0. The first-order valence-corrected chi connectivity index (χ1v) is 6.85. The fourth-order valence-electron chi connectivity index (χ4n) is 1.96. The second kappa shape index (κ2) is 7.60. The maximum atomic E-state index is 11.0. The Morgan fingerprint density at radius 1 is 0.741 bits per heavy atom. The summed E-state index contributed by atoms with van der Waals surface area (Å²) < 4.78 is 0. The lowest BCUT2D eigenvalue weighted by atomic mass is 10.2. The van der Waals surface area contributed by atoms with Crippen LogP contribution in [0.25, 0.3) is 0 Å². The summed E-state index contributed by atoms with van der Waals surface area (Å²) in [5, 5.41) is 47.0. The molecule has 2 aromatic carbocycles. The molecule has 1 N–H and O–H groups in total. The van der Waals surface area contributed by atoms with Crippen LogP contribution < -0.4 is 5.43 Å². The van der Waals surface area contributed by atoms with Crippen LogP contribution in [0, 0.1) is 40.5 Å². The van der Waals surface area contributed by atoms with E-state index in [1.54, 1.807) is 0 Å². The molecule has 0 bridgehead atoms. The molecule has 0 amide bonds. The Balaban J connectivity index is 2.33. The Bertz CT molecular complexity index is 989. The average Bonchev–Trinajstić information content (AvgIpc) is 2.61. The number of nitro groups is 4. The van der Waals surface area contributed by atoms with Crippen molar-refractivity contribution in [1.29, 1.82) is 0 Å². The molecule has 0 unspecified atom stereocenters. The second-order valence-electron chi connectivity index (χ2n) is 4.84. The number of rotatable bonds is 7. The van der Waals surface area contributed by atoms with Gasteiger partial charge in [0.2, 0.25) is 0 Å². The Labute approximate surface area is 148 Å².